The first-order valence-corrected chi connectivity index (χ1v) is 18.7. The summed E-state index contributed by atoms with van der Waals surface area (Å²) in [4.78, 5) is 0. The molecular weight excluding hydrogens is 637 g/mol. The molecule has 0 N–H and O–H groups in total. The van der Waals surface area contributed by atoms with E-state index in [2.05, 4.69) is 196 Å². The molecule has 1 aliphatic carbocycles. The molecule has 0 atom stereocenters. The SMILES string of the molecule is CC1(C)c2ccccc2-c2cc(-c3ccc4cc(-c5c6ccccc6c(-c6cccc7ccccc67)c6ccccc56)ccc4c3)c3ccccc3c21. The Bertz CT molecular complexity index is 3080. The van der Waals surface area contributed by atoms with E-state index in [1.165, 1.54) is 109 Å². The van der Waals surface area contributed by atoms with E-state index < -0.39 is 0 Å². The van der Waals surface area contributed by atoms with Crippen molar-refractivity contribution in [2.75, 3.05) is 0 Å². The molecule has 11 rings (SSSR count). The number of hydrogen-bond donors (Lipinski definition) is 0. The van der Waals surface area contributed by atoms with E-state index in [0.29, 0.717) is 0 Å². The monoisotopic (exact) mass is 672 g/mol. The molecule has 0 fully saturated rings. The van der Waals surface area contributed by atoms with Gasteiger partial charge in [0.2, 0.25) is 0 Å². The fourth-order valence-corrected chi connectivity index (χ4v) is 9.64. The standard InChI is InChI=1S/C53H36/c1-53(2)49-25-12-11-18-40(49)48-32-47(39-17-5-10-23-46(39)52(48)53)36-28-26-35-31-37(29-27-34(35)30-36)50-42-19-6-8-21-44(42)51(45-22-9-7-20-43(45)50)41-24-13-15-33-14-3-4-16-38(33)41/h3-32H,1-2H3. The highest BCUT2D eigenvalue weighted by molar-refractivity contribution is 6.24. The zero-order valence-corrected chi connectivity index (χ0v) is 29.8. The van der Waals surface area contributed by atoms with Gasteiger partial charge in [0.1, 0.15) is 0 Å². The highest BCUT2D eigenvalue weighted by Gasteiger charge is 2.37. The third-order valence-electron chi connectivity index (χ3n) is 12.0. The van der Waals surface area contributed by atoms with E-state index in [-0.39, 0.29) is 5.41 Å². The minimum atomic E-state index is -0.0503. The number of rotatable bonds is 3. The van der Waals surface area contributed by atoms with E-state index in [9.17, 15) is 0 Å². The predicted molar refractivity (Wildman–Crippen MR) is 228 cm³/mol. The Balaban J connectivity index is 1.10. The van der Waals surface area contributed by atoms with E-state index in [1.807, 2.05) is 0 Å². The smallest absolute Gasteiger partial charge is 0.0165 e. The van der Waals surface area contributed by atoms with Crippen LogP contribution >= 0.6 is 0 Å². The number of hydrogen-bond acceptors (Lipinski definition) is 0. The van der Waals surface area contributed by atoms with Crippen LogP contribution in [0.3, 0.4) is 0 Å². The van der Waals surface area contributed by atoms with Crippen molar-refractivity contribution < 1.29 is 0 Å². The second kappa shape index (κ2) is 11.2. The summed E-state index contributed by atoms with van der Waals surface area (Å²) < 4.78 is 0. The van der Waals surface area contributed by atoms with Crippen LogP contribution in [0.4, 0.5) is 0 Å². The van der Waals surface area contributed by atoms with Crippen LogP contribution in [0.15, 0.2) is 182 Å². The van der Waals surface area contributed by atoms with Crippen LogP contribution in [-0.4, -0.2) is 0 Å². The van der Waals surface area contributed by atoms with Crippen molar-refractivity contribution in [2.45, 2.75) is 19.3 Å². The van der Waals surface area contributed by atoms with Crippen LogP contribution in [0.25, 0.3) is 98.4 Å². The van der Waals surface area contributed by atoms with Gasteiger partial charge in [-0.25, -0.2) is 0 Å². The highest BCUT2D eigenvalue weighted by Crippen LogP contribution is 2.53. The van der Waals surface area contributed by atoms with E-state index in [1.54, 1.807) is 0 Å². The molecule has 0 bridgehead atoms. The number of benzene rings is 10. The van der Waals surface area contributed by atoms with Crippen molar-refractivity contribution in [3.05, 3.63) is 193 Å². The molecule has 0 amide bonds. The molecule has 0 aromatic heterocycles. The van der Waals surface area contributed by atoms with E-state index in [0.717, 1.165) is 0 Å². The van der Waals surface area contributed by atoms with Gasteiger partial charge in [0.05, 0.1) is 0 Å². The lowest BCUT2D eigenvalue weighted by Gasteiger charge is -2.24. The summed E-state index contributed by atoms with van der Waals surface area (Å²) in [7, 11) is 0. The van der Waals surface area contributed by atoms with Crippen LogP contribution in [0.1, 0.15) is 25.0 Å². The molecule has 0 nitrogen and oxygen atoms in total. The Morgan fingerprint density at radius 3 is 1.53 bits per heavy atom. The number of fused-ring (bicyclic) bond motifs is 9. The van der Waals surface area contributed by atoms with E-state index >= 15 is 0 Å². The minimum Gasteiger partial charge on any atom is -0.0619 e. The maximum atomic E-state index is 2.45. The first-order chi connectivity index (χ1) is 26.1. The van der Waals surface area contributed by atoms with Crippen LogP contribution in [0.5, 0.6) is 0 Å². The minimum absolute atomic E-state index is 0.0503. The van der Waals surface area contributed by atoms with Crippen molar-refractivity contribution in [1.29, 1.82) is 0 Å². The lowest BCUT2D eigenvalue weighted by atomic mass is 9.79. The van der Waals surface area contributed by atoms with E-state index in [4.69, 9.17) is 0 Å². The fourth-order valence-electron chi connectivity index (χ4n) is 9.64. The molecule has 0 spiro atoms. The molecule has 10 aromatic carbocycles. The molecule has 0 unspecified atom stereocenters. The second-order valence-corrected chi connectivity index (χ2v) is 15.2. The van der Waals surface area contributed by atoms with Crippen LogP contribution in [-0.2, 0) is 5.41 Å². The zero-order chi connectivity index (χ0) is 35.3. The van der Waals surface area contributed by atoms with Gasteiger partial charge in [0.25, 0.3) is 0 Å². The van der Waals surface area contributed by atoms with Crippen molar-refractivity contribution in [1.82, 2.24) is 0 Å². The lowest BCUT2D eigenvalue weighted by Crippen LogP contribution is -2.15. The highest BCUT2D eigenvalue weighted by atomic mass is 14.4. The molecule has 53 heavy (non-hydrogen) atoms. The van der Waals surface area contributed by atoms with Gasteiger partial charge in [-0.2, -0.15) is 0 Å². The van der Waals surface area contributed by atoms with Crippen molar-refractivity contribution in [3.8, 4) is 44.5 Å². The van der Waals surface area contributed by atoms with Crippen molar-refractivity contribution in [2.24, 2.45) is 0 Å². The summed E-state index contributed by atoms with van der Waals surface area (Å²) >= 11 is 0. The van der Waals surface area contributed by atoms with Gasteiger partial charge in [-0.05, 0) is 128 Å². The average molecular weight is 673 g/mol. The van der Waals surface area contributed by atoms with Gasteiger partial charge in [-0.3, -0.25) is 0 Å². The molecule has 10 aromatic rings. The zero-order valence-electron chi connectivity index (χ0n) is 29.8. The van der Waals surface area contributed by atoms with Crippen LogP contribution in [0, 0.1) is 0 Å². The summed E-state index contributed by atoms with van der Waals surface area (Å²) in [6, 6.07) is 67.9. The predicted octanol–water partition coefficient (Wildman–Crippen LogP) is 14.8. The third kappa shape index (κ3) is 4.36. The Morgan fingerprint density at radius 1 is 0.302 bits per heavy atom. The van der Waals surface area contributed by atoms with Crippen LogP contribution in [0.2, 0.25) is 0 Å². The second-order valence-electron chi connectivity index (χ2n) is 15.2. The summed E-state index contributed by atoms with van der Waals surface area (Å²) in [6.45, 7) is 4.75. The Hall–Kier alpha value is -6.50. The van der Waals surface area contributed by atoms with Gasteiger partial charge in [-0.15, -0.1) is 0 Å². The molecule has 0 aliphatic heterocycles. The van der Waals surface area contributed by atoms with Gasteiger partial charge in [0, 0.05) is 5.41 Å². The molecule has 248 valence electrons. The third-order valence-corrected chi connectivity index (χ3v) is 12.0. The Labute approximate surface area is 309 Å². The topological polar surface area (TPSA) is 0 Å². The molecule has 0 saturated heterocycles. The van der Waals surface area contributed by atoms with Gasteiger partial charge in [0.15, 0.2) is 0 Å². The normalized spacial score (nSPS) is 13.2. The quantitative estimate of drug-likeness (QED) is 0.164. The largest absolute Gasteiger partial charge is 0.0619 e. The first-order valence-electron chi connectivity index (χ1n) is 18.7. The molecule has 0 saturated carbocycles. The molecule has 1 aliphatic rings. The molecule has 0 heteroatoms. The fraction of sp³-hybridized carbons (Fsp3) is 0.0566. The molecule has 0 radical (unpaired) electrons. The summed E-state index contributed by atoms with van der Waals surface area (Å²) in [5.41, 5.74) is 13.2. The first kappa shape index (κ1) is 30.2. The van der Waals surface area contributed by atoms with Crippen molar-refractivity contribution >= 4 is 53.9 Å². The lowest BCUT2D eigenvalue weighted by molar-refractivity contribution is 0.666. The summed E-state index contributed by atoms with van der Waals surface area (Å²) in [6.07, 6.45) is 0. The summed E-state index contributed by atoms with van der Waals surface area (Å²) in [5.74, 6) is 0. The Kier molecular flexibility index (Phi) is 6.40. The maximum absolute atomic E-state index is 2.45. The maximum Gasteiger partial charge on any atom is 0.0165 e. The molecular formula is C53H36. The molecule has 0 heterocycles. The van der Waals surface area contributed by atoms with Gasteiger partial charge in [-0.1, -0.05) is 178 Å². The summed E-state index contributed by atoms with van der Waals surface area (Å²) in [5, 5.41) is 12.8. The average Bonchev–Trinajstić information content (AvgIpc) is 3.45. The van der Waals surface area contributed by atoms with Gasteiger partial charge < -0.3 is 0 Å². The van der Waals surface area contributed by atoms with Crippen molar-refractivity contribution in [3.63, 3.8) is 0 Å². The Morgan fingerprint density at radius 2 is 0.811 bits per heavy atom. The van der Waals surface area contributed by atoms with Gasteiger partial charge >= 0.3 is 0 Å². The van der Waals surface area contributed by atoms with Crippen LogP contribution < -0.4 is 0 Å².